The Labute approximate surface area is 96.9 Å². The maximum atomic E-state index is 11.8. The summed E-state index contributed by atoms with van der Waals surface area (Å²) in [4.78, 5) is 13.4. The van der Waals surface area contributed by atoms with Gasteiger partial charge in [0.25, 0.3) is 0 Å². The molecule has 94 valence electrons. The molecule has 1 heterocycles. The van der Waals surface area contributed by atoms with Crippen LogP contribution in [-0.2, 0) is 9.47 Å². The normalized spacial score (nSPS) is 25.9. The summed E-state index contributed by atoms with van der Waals surface area (Å²) < 4.78 is 10.3. The van der Waals surface area contributed by atoms with Crippen LogP contribution in [0.25, 0.3) is 0 Å². The Balaban J connectivity index is 2.50. The molecule has 1 rings (SSSR count). The molecule has 2 N–H and O–H groups in total. The fraction of sp³-hybridized carbons (Fsp3) is 0.909. The van der Waals surface area contributed by atoms with Gasteiger partial charge >= 0.3 is 6.09 Å². The number of hydrogen-bond donors (Lipinski definition) is 1. The number of likely N-dealkylation sites (tertiary alicyclic amines) is 1. The maximum Gasteiger partial charge on any atom is 0.410 e. The highest BCUT2D eigenvalue weighted by atomic mass is 16.6. The Hall–Kier alpha value is -0.810. The predicted octanol–water partition coefficient (Wildman–Crippen LogP) is 0.971. The molecule has 0 aromatic heterocycles. The van der Waals surface area contributed by atoms with Gasteiger partial charge in [-0.05, 0) is 27.2 Å². The number of rotatable bonds is 2. The summed E-state index contributed by atoms with van der Waals surface area (Å²) in [5.74, 6) is 0. The van der Waals surface area contributed by atoms with E-state index in [1.165, 1.54) is 0 Å². The zero-order chi connectivity index (χ0) is 12.4. The first-order chi connectivity index (χ1) is 7.26. The van der Waals surface area contributed by atoms with Gasteiger partial charge in [-0.2, -0.15) is 0 Å². The molecule has 1 aliphatic heterocycles. The van der Waals surface area contributed by atoms with Crippen molar-refractivity contribution in [2.24, 2.45) is 5.73 Å². The standard InChI is InChI=1S/C11H22N2O3/c1-10(2,3)16-9(14)13-6-5-11(12,7-13)8-15-4/h5-8,12H2,1-4H3/t11-/m0/s1. The van der Waals surface area contributed by atoms with Gasteiger partial charge in [0, 0.05) is 20.2 Å². The molecule has 0 aromatic rings. The van der Waals surface area contributed by atoms with E-state index in [1.54, 1.807) is 12.0 Å². The van der Waals surface area contributed by atoms with E-state index in [1.807, 2.05) is 20.8 Å². The minimum atomic E-state index is -0.460. The fourth-order valence-electron chi connectivity index (χ4n) is 1.78. The summed E-state index contributed by atoms with van der Waals surface area (Å²) in [5, 5.41) is 0. The lowest BCUT2D eigenvalue weighted by Gasteiger charge is -2.26. The van der Waals surface area contributed by atoms with Crippen molar-refractivity contribution >= 4 is 6.09 Å². The van der Waals surface area contributed by atoms with Crippen LogP contribution in [-0.4, -0.2) is 48.9 Å². The van der Waals surface area contributed by atoms with Gasteiger partial charge in [-0.3, -0.25) is 0 Å². The zero-order valence-electron chi connectivity index (χ0n) is 10.6. The first kappa shape index (κ1) is 13.3. The van der Waals surface area contributed by atoms with Crippen LogP contribution in [0, 0.1) is 0 Å². The van der Waals surface area contributed by atoms with Gasteiger partial charge in [0.2, 0.25) is 0 Å². The van der Waals surface area contributed by atoms with E-state index in [4.69, 9.17) is 15.2 Å². The second-order valence-electron chi connectivity index (χ2n) is 5.45. The molecule has 0 saturated carbocycles. The molecular formula is C11H22N2O3. The Kier molecular flexibility index (Phi) is 3.80. The molecule has 0 spiro atoms. The van der Waals surface area contributed by atoms with Gasteiger partial charge in [0.05, 0.1) is 12.1 Å². The number of ether oxygens (including phenoxy) is 2. The molecule has 5 nitrogen and oxygen atoms in total. The molecule has 16 heavy (non-hydrogen) atoms. The topological polar surface area (TPSA) is 64.8 Å². The molecule has 1 fully saturated rings. The minimum Gasteiger partial charge on any atom is -0.444 e. The quantitative estimate of drug-likeness (QED) is 0.767. The second kappa shape index (κ2) is 4.59. The van der Waals surface area contributed by atoms with E-state index in [9.17, 15) is 4.79 Å². The van der Waals surface area contributed by atoms with Crippen LogP contribution in [0.1, 0.15) is 27.2 Å². The van der Waals surface area contributed by atoms with Crippen molar-refractivity contribution in [3.05, 3.63) is 0 Å². The lowest BCUT2D eigenvalue weighted by Crippen LogP contribution is -2.48. The average molecular weight is 230 g/mol. The van der Waals surface area contributed by atoms with Crippen molar-refractivity contribution in [3.63, 3.8) is 0 Å². The SMILES string of the molecule is COC[C@]1(N)CCN(C(=O)OC(C)(C)C)C1. The highest BCUT2D eigenvalue weighted by molar-refractivity contribution is 5.68. The number of amides is 1. The smallest absolute Gasteiger partial charge is 0.410 e. The lowest BCUT2D eigenvalue weighted by molar-refractivity contribution is 0.0273. The van der Waals surface area contributed by atoms with Crippen LogP contribution in [0.3, 0.4) is 0 Å². The fourth-order valence-corrected chi connectivity index (χ4v) is 1.78. The maximum absolute atomic E-state index is 11.8. The van der Waals surface area contributed by atoms with Crippen LogP contribution in [0.5, 0.6) is 0 Å². The summed E-state index contributed by atoms with van der Waals surface area (Å²) in [6, 6.07) is 0. The van der Waals surface area contributed by atoms with Crippen LogP contribution in [0.15, 0.2) is 0 Å². The van der Waals surface area contributed by atoms with E-state index in [0.717, 1.165) is 6.42 Å². The van der Waals surface area contributed by atoms with E-state index in [2.05, 4.69) is 0 Å². The summed E-state index contributed by atoms with van der Waals surface area (Å²) in [6.45, 7) is 7.15. The number of nitrogens with zero attached hydrogens (tertiary/aromatic N) is 1. The van der Waals surface area contributed by atoms with Crippen molar-refractivity contribution < 1.29 is 14.3 Å². The Morgan fingerprint density at radius 3 is 2.62 bits per heavy atom. The molecule has 0 aliphatic carbocycles. The van der Waals surface area contributed by atoms with Gasteiger partial charge in [0.15, 0.2) is 0 Å². The first-order valence-electron chi connectivity index (χ1n) is 5.51. The third-order valence-electron chi connectivity index (χ3n) is 2.47. The Morgan fingerprint density at radius 1 is 1.50 bits per heavy atom. The van der Waals surface area contributed by atoms with Crippen LogP contribution in [0.4, 0.5) is 4.79 Å². The van der Waals surface area contributed by atoms with Crippen LogP contribution >= 0.6 is 0 Å². The van der Waals surface area contributed by atoms with Crippen molar-refractivity contribution in [2.75, 3.05) is 26.8 Å². The molecule has 1 saturated heterocycles. The number of nitrogens with two attached hydrogens (primary N) is 1. The van der Waals surface area contributed by atoms with Gasteiger partial charge < -0.3 is 20.1 Å². The Bertz CT molecular complexity index is 262. The molecule has 5 heteroatoms. The van der Waals surface area contributed by atoms with Crippen molar-refractivity contribution in [2.45, 2.75) is 38.3 Å². The summed E-state index contributed by atoms with van der Waals surface area (Å²) in [6.07, 6.45) is 0.455. The predicted molar refractivity (Wildman–Crippen MR) is 61.2 cm³/mol. The van der Waals surface area contributed by atoms with E-state index >= 15 is 0 Å². The Morgan fingerprint density at radius 2 is 2.12 bits per heavy atom. The summed E-state index contributed by atoms with van der Waals surface area (Å²) >= 11 is 0. The molecule has 1 aliphatic rings. The first-order valence-corrected chi connectivity index (χ1v) is 5.51. The van der Waals surface area contributed by atoms with Crippen molar-refractivity contribution in [3.8, 4) is 0 Å². The summed E-state index contributed by atoms with van der Waals surface area (Å²) in [5.41, 5.74) is 5.20. The second-order valence-corrected chi connectivity index (χ2v) is 5.45. The van der Waals surface area contributed by atoms with Gasteiger partial charge in [-0.1, -0.05) is 0 Å². The van der Waals surface area contributed by atoms with Gasteiger partial charge in [-0.15, -0.1) is 0 Å². The number of hydrogen-bond acceptors (Lipinski definition) is 4. The van der Waals surface area contributed by atoms with E-state index in [-0.39, 0.29) is 6.09 Å². The third-order valence-corrected chi connectivity index (χ3v) is 2.47. The highest BCUT2D eigenvalue weighted by Crippen LogP contribution is 2.21. The molecule has 1 atom stereocenters. The highest BCUT2D eigenvalue weighted by Gasteiger charge is 2.38. The number of carbonyl (C=O) groups excluding carboxylic acids is 1. The third kappa shape index (κ3) is 3.64. The zero-order valence-corrected chi connectivity index (χ0v) is 10.6. The monoisotopic (exact) mass is 230 g/mol. The molecule has 0 radical (unpaired) electrons. The summed E-state index contributed by atoms with van der Waals surface area (Å²) in [7, 11) is 1.62. The molecular weight excluding hydrogens is 208 g/mol. The van der Waals surface area contributed by atoms with Crippen molar-refractivity contribution in [1.29, 1.82) is 0 Å². The van der Waals surface area contributed by atoms with Gasteiger partial charge in [-0.25, -0.2) is 4.79 Å². The number of carbonyl (C=O) groups is 1. The van der Waals surface area contributed by atoms with Crippen LogP contribution in [0.2, 0.25) is 0 Å². The molecule has 1 amide bonds. The molecule has 0 unspecified atom stereocenters. The molecule has 0 bridgehead atoms. The minimum absolute atomic E-state index is 0.295. The largest absolute Gasteiger partial charge is 0.444 e. The number of methoxy groups -OCH3 is 1. The van der Waals surface area contributed by atoms with Crippen molar-refractivity contribution in [1.82, 2.24) is 4.90 Å². The average Bonchev–Trinajstić information content (AvgIpc) is 2.45. The lowest BCUT2D eigenvalue weighted by atomic mass is 10.0. The molecule has 0 aromatic carbocycles. The van der Waals surface area contributed by atoms with E-state index < -0.39 is 11.1 Å². The van der Waals surface area contributed by atoms with E-state index in [0.29, 0.717) is 19.7 Å². The van der Waals surface area contributed by atoms with Gasteiger partial charge in [0.1, 0.15) is 5.60 Å². The van der Waals surface area contributed by atoms with Crippen LogP contribution < -0.4 is 5.73 Å².